The van der Waals surface area contributed by atoms with Gasteiger partial charge in [0.15, 0.2) is 0 Å². The maximum atomic E-state index is 14.7. The maximum absolute atomic E-state index is 14.7. The smallest absolute Gasteiger partial charge is 0.258 e. The van der Waals surface area contributed by atoms with Crippen molar-refractivity contribution in [1.29, 1.82) is 0 Å². The van der Waals surface area contributed by atoms with Crippen LogP contribution in [0.15, 0.2) is 42.5 Å². The van der Waals surface area contributed by atoms with E-state index in [0.717, 1.165) is 42.8 Å². The van der Waals surface area contributed by atoms with Gasteiger partial charge in [-0.2, -0.15) is 0 Å². The van der Waals surface area contributed by atoms with Crippen LogP contribution in [0.4, 0.5) is 14.5 Å². The fourth-order valence-electron chi connectivity index (χ4n) is 3.93. The normalized spacial score (nSPS) is 16.4. The van der Waals surface area contributed by atoms with Crippen molar-refractivity contribution in [2.45, 2.75) is 12.8 Å². The van der Waals surface area contributed by atoms with Gasteiger partial charge in [-0.25, -0.2) is 8.78 Å². The number of anilines is 1. The molecule has 31 heavy (non-hydrogen) atoms. The van der Waals surface area contributed by atoms with E-state index in [9.17, 15) is 13.6 Å². The predicted molar refractivity (Wildman–Crippen MR) is 118 cm³/mol. The van der Waals surface area contributed by atoms with Crippen LogP contribution >= 0.6 is 0 Å². The standard InChI is InChI=1S/C24H25F2N3O2/c1-31-23-12-17(2-3-18(23)15-4-8-27-9-5-15)29-24(30)20-14-21(25)19(13-22(20)26)16-6-10-28-11-7-16/h2-4,6,12-14,27-28H,5,7-11H2,1H3,(H,29,30). The first-order valence-electron chi connectivity index (χ1n) is 10.4. The maximum Gasteiger partial charge on any atom is 0.258 e. The minimum absolute atomic E-state index is 0.205. The molecule has 0 saturated heterocycles. The molecule has 4 rings (SSSR count). The fraction of sp³-hybridized carbons (Fsp3) is 0.292. The summed E-state index contributed by atoms with van der Waals surface area (Å²) in [5.41, 5.74) is 3.19. The number of rotatable bonds is 5. The number of ether oxygens (including phenoxy) is 1. The Hall–Kier alpha value is -3.03. The molecule has 2 aromatic rings. The van der Waals surface area contributed by atoms with Crippen molar-refractivity contribution >= 4 is 22.7 Å². The molecule has 2 aliphatic rings. The lowest BCUT2D eigenvalue weighted by Crippen LogP contribution is -2.21. The number of carbonyl (C=O) groups is 1. The van der Waals surface area contributed by atoms with E-state index < -0.39 is 17.5 Å². The monoisotopic (exact) mass is 425 g/mol. The number of hydrogen-bond donors (Lipinski definition) is 3. The molecule has 0 aromatic heterocycles. The van der Waals surface area contributed by atoms with Gasteiger partial charge in [0.1, 0.15) is 17.4 Å². The second-order valence-corrected chi connectivity index (χ2v) is 7.55. The molecular formula is C24H25F2N3O2. The van der Waals surface area contributed by atoms with Gasteiger partial charge in [-0.3, -0.25) is 4.79 Å². The zero-order valence-electron chi connectivity index (χ0n) is 17.4. The van der Waals surface area contributed by atoms with Crippen molar-refractivity contribution in [2.24, 2.45) is 0 Å². The van der Waals surface area contributed by atoms with Crippen molar-refractivity contribution in [2.75, 3.05) is 38.6 Å². The van der Waals surface area contributed by atoms with E-state index in [4.69, 9.17) is 4.74 Å². The topological polar surface area (TPSA) is 62.4 Å². The highest BCUT2D eigenvalue weighted by Crippen LogP contribution is 2.32. The SMILES string of the molecule is COc1cc(NC(=O)c2cc(F)c(C3=CCNCC3)cc2F)ccc1C1=CCNCC1. The summed E-state index contributed by atoms with van der Waals surface area (Å²) in [6.07, 6.45) is 5.44. The van der Waals surface area contributed by atoms with Gasteiger partial charge < -0.3 is 20.7 Å². The number of carbonyl (C=O) groups excluding carboxylic acids is 1. The Morgan fingerprint density at radius 3 is 2.23 bits per heavy atom. The van der Waals surface area contributed by atoms with Gasteiger partial charge in [0, 0.05) is 36.0 Å². The molecule has 162 valence electrons. The molecule has 0 unspecified atom stereocenters. The van der Waals surface area contributed by atoms with E-state index in [2.05, 4.69) is 22.0 Å². The number of amides is 1. The third-order valence-electron chi connectivity index (χ3n) is 5.58. The van der Waals surface area contributed by atoms with Crippen LogP contribution in [0.2, 0.25) is 0 Å². The zero-order valence-corrected chi connectivity index (χ0v) is 17.4. The van der Waals surface area contributed by atoms with Gasteiger partial charge in [-0.15, -0.1) is 0 Å². The molecule has 3 N–H and O–H groups in total. The quantitative estimate of drug-likeness (QED) is 0.678. The van der Waals surface area contributed by atoms with Crippen molar-refractivity contribution in [3.63, 3.8) is 0 Å². The predicted octanol–water partition coefficient (Wildman–Crippen LogP) is 3.98. The molecule has 2 aliphatic heterocycles. The Bertz CT molecular complexity index is 1060. The van der Waals surface area contributed by atoms with Crippen LogP contribution in [-0.4, -0.2) is 39.2 Å². The molecule has 2 aromatic carbocycles. The van der Waals surface area contributed by atoms with Gasteiger partial charge >= 0.3 is 0 Å². The highest BCUT2D eigenvalue weighted by Gasteiger charge is 2.20. The summed E-state index contributed by atoms with van der Waals surface area (Å²) in [6, 6.07) is 7.37. The van der Waals surface area contributed by atoms with Crippen LogP contribution < -0.4 is 20.7 Å². The largest absolute Gasteiger partial charge is 0.496 e. The Labute approximate surface area is 180 Å². The molecule has 0 atom stereocenters. The van der Waals surface area contributed by atoms with E-state index in [0.29, 0.717) is 30.9 Å². The van der Waals surface area contributed by atoms with Gasteiger partial charge in [0.05, 0.1) is 12.7 Å². The highest BCUT2D eigenvalue weighted by atomic mass is 19.1. The second kappa shape index (κ2) is 9.41. The van der Waals surface area contributed by atoms with Crippen LogP contribution in [-0.2, 0) is 0 Å². The first-order chi connectivity index (χ1) is 15.1. The summed E-state index contributed by atoms with van der Waals surface area (Å²) >= 11 is 0. The molecule has 0 saturated carbocycles. The van der Waals surface area contributed by atoms with E-state index in [1.165, 1.54) is 5.57 Å². The first-order valence-corrected chi connectivity index (χ1v) is 10.4. The van der Waals surface area contributed by atoms with Crippen LogP contribution in [0.3, 0.4) is 0 Å². The number of halogens is 2. The van der Waals surface area contributed by atoms with E-state index >= 15 is 0 Å². The summed E-state index contributed by atoms with van der Waals surface area (Å²) < 4.78 is 34.8. The third kappa shape index (κ3) is 4.68. The van der Waals surface area contributed by atoms with Crippen molar-refractivity contribution in [3.05, 3.63) is 70.8 Å². The van der Waals surface area contributed by atoms with Crippen LogP contribution in [0.5, 0.6) is 5.75 Å². The zero-order chi connectivity index (χ0) is 21.8. The Morgan fingerprint density at radius 1 is 0.935 bits per heavy atom. The van der Waals surface area contributed by atoms with Gasteiger partial charge in [0.2, 0.25) is 0 Å². The Balaban J connectivity index is 1.56. The summed E-state index contributed by atoms with van der Waals surface area (Å²) in [5, 5.41) is 9.05. The van der Waals surface area contributed by atoms with E-state index in [1.807, 2.05) is 12.1 Å². The molecule has 0 bridgehead atoms. The molecule has 5 nitrogen and oxygen atoms in total. The lowest BCUT2D eigenvalue weighted by Gasteiger charge is -2.18. The summed E-state index contributed by atoms with van der Waals surface area (Å²) in [6.45, 7) is 3.01. The van der Waals surface area contributed by atoms with Crippen molar-refractivity contribution < 1.29 is 18.3 Å². The molecular weight excluding hydrogens is 400 g/mol. The van der Waals surface area contributed by atoms with Gasteiger partial charge in [-0.05, 0) is 61.3 Å². The molecule has 0 fully saturated rings. The molecule has 0 radical (unpaired) electrons. The molecule has 2 heterocycles. The molecule has 0 aliphatic carbocycles. The lowest BCUT2D eigenvalue weighted by molar-refractivity contribution is 0.102. The van der Waals surface area contributed by atoms with E-state index in [-0.39, 0.29) is 11.1 Å². The van der Waals surface area contributed by atoms with E-state index in [1.54, 1.807) is 19.2 Å². The minimum atomic E-state index is -0.753. The van der Waals surface area contributed by atoms with Gasteiger partial charge in [0.25, 0.3) is 5.91 Å². The second-order valence-electron chi connectivity index (χ2n) is 7.55. The summed E-state index contributed by atoms with van der Waals surface area (Å²) in [4.78, 5) is 12.7. The molecule has 1 amide bonds. The molecule has 0 spiro atoms. The number of benzene rings is 2. The van der Waals surface area contributed by atoms with Crippen molar-refractivity contribution in [1.82, 2.24) is 10.6 Å². The summed E-state index contributed by atoms with van der Waals surface area (Å²) in [5.74, 6) is -1.45. The average Bonchev–Trinajstić information content (AvgIpc) is 2.81. The number of methoxy groups -OCH3 is 1. The van der Waals surface area contributed by atoms with Crippen molar-refractivity contribution in [3.8, 4) is 5.75 Å². The molecule has 7 heteroatoms. The minimum Gasteiger partial charge on any atom is -0.496 e. The Kier molecular flexibility index (Phi) is 6.44. The average molecular weight is 425 g/mol. The fourth-order valence-corrected chi connectivity index (χ4v) is 3.93. The first kappa shape index (κ1) is 21.2. The van der Waals surface area contributed by atoms with Crippen LogP contribution in [0, 0.1) is 11.6 Å². The number of hydrogen-bond acceptors (Lipinski definition) is 4. The third-order valence-corrected chi connectivity index (χ3v) is 5.58. The lowest BCUT2D eigenvalue weighted by atomic mass is 9.97. The Morgan fingerprint density at radius 2 is 1.61 bits per heavy atom. The number of nitrogens with one attached hydrogen (secondary N) is 3. The summed E-state index contributed by atoms with van der Waals surface area (Å²) in [7, 11) is 1.56. The highest BCUT2D eigenvalue weighted by molar-refractivity contribution is 6.05. The van der Waals surface area contributed by atoms with Gasteiger partial charge in [-0.1, -0.05) is 12.2 Å². The van der Waals surface area contributed by atoms with Crippen LogP contribution in [0.1, 0.15) is 34.3 Å². The van der Waals surface area contributed by atoms with Crippen LogP contribution in [0.25, 0.3) is 11.1 Å².